The Morgan fingerprint density at radius 3 is 2.29 bits per heavy atom. The molecule has 8 heteroatoms. The van der Waals surface area contributed by atoms with E-state index in [4.69, 9.17) is 23.7 Å². The van der Waals surface area contributed by atoms with Crippen LogP contribution in [0.1, 0.15) is 98.6 Å². The predicted molar refractivity (Wildman–Crippen MR) is 153 cm³/mol. The monoisotopic (exact) mass is 568 g/mol. The van der Waals surface area contributed by atoms with Gasteiger partial charge in [0.15, 0.2) is 0 Å². The number of hydrogen-bond donors (Lipinski definition) is 0. The number of benzene rings is 1. The van der Waals surface area contributed by atoms with Crippen molar-refractivity contribution in [3.63, 3.8) is 0 Å². The van der Waals surface area contributed by atoms with E-state index in [0.717, 1.165) is 36.2 Å². The van der Waals surface area contributed by atoms with Crippen LogP contribution in [0.2, 0.25) is 0 Å². The third kappa shape index (κ3) is 5.94. The first kappa shape index (κ1) is 30.8. The van der Waals surface area contributed by atoms with E-state index >= 15 is 0 Å². The number of allylic oxidation sites excluding steroid dienone is 3. The minimum absolute atomic E-state index is 0.139. The van der Waals surface area contributed by atoms with E-state index in [9.17, 15) is 14.4 Å². The summed E-state index contributed by atoms with van der Waals surface area (Å²) >= 11 is 0. The average molecular weight is 569 g/mol. The molecule has 0 amide bonds. The van der Waals surface area contributed by atoms with Gasteiger partial charge in [-0.3, -0.25) is 14.4 Å². The van der Waals surface area contributed by atoms with Gasteiger partial charge in [0.25, 0.3) is 0 Å². The number of esters is 3. The Bertz CT molecular complexity index is 1310. The molecule has 2 aliphatic heterocycles. The number of aryl methyl sites for hydroxylation is 1. The molecule has 1 aliphatic carbocycles. The van der Waals surface area contributed by atoms with Gasteiger partial charge in [-0.2, -0.15) is 0 Å². The second-order valence-electron chi connectivity index (χ2n) is 12.9. The molecule has 1 aromatic carbocycles. The molecule has 1 spiro atoms. The van der Waals surface area contributed by atoms with Crippen molar-refractivity contribution in [3.05, 3.63) is 46.7 Å². The lowest BCUT2D eigenvalue weighted by Crippen LogP contribution is -2.57. The average Bonchev–Trinajstić information content (AvgIpc) is 3.26. The molecular formula is C33H44O8. The van der Waals surface area contributed by atoms with E-state index in [0.29, 0.717) is 36.3 Å². The van der Waals surface area contributed by atoms with Crippen LogP contribution in [0.4, 0.5) is 0 Å². The predicted octanol–water partition coefficient (Wildman–Crippen LogP) is 6.66. The molecule has 1 aromatic rings. The summed E-state index contributed by atoms with van der Waals surface area (Å²) in [5, 5.41) is 0. The lowest BCUT2D eigenvalue weighted by molar-refractivity contribution is -0.309. The summed E-state index contributed by atoms with van der Waals surface area (Å²) in [6, 6.07) is 3.42. The van der Waals surface area contributed by atoms with E-state index in [2.05, 4.69) is 26.0 Å². The minimum atomic E-state index is -0.913. The van der Waals surface area contributed by atoms with Crippen LogP contribution in [0, 0.1) is 17.8 Å². The molecule has 224 valence electrons. The van der Waals surface area contributed by atoms with Crippen molar-refractivity contribution in [1.82, 2.24) is 0 Å². The fourth-order valence-electron chi connectivity index (χ4n) is 6.94. The van der Waals surface area contributed by atoms with Crippen LogP contribution in [-0.4, -0.2) is 35.4 Å². The highest BCUT2D eigenvalue weighted by Crippen LogP contribution is 2.67. The van der Waals surface area contributed by atoms with E-state index < -0.39 is 29.4 Å². The Kier molecular flexibility index (Phi) is 8.22. The molecule has 41 heavy (non-hydrogen) atoms. The second kappa shape index (κ2) is 10.9. The molecule has 1 saturated carbocycles. The Morgan fingerprint density at radius 2 is 1.66 bits per heavy atom. The first-order valence-electron chi connectivity index (χ1n) is 14.4. The van der Waals surface area contributed by atoms with Crippen LogP contribution in [-0.2, 0) is 35.0 Å². The molecule has 4 rings (SSSR count). The molecule has 1 saturated heterocycles. The van der Waals surface area contributed by atoms with Gasteiger partial charge in [0.2, 0.25) is 5.79 Å². The lowest BCUT2D eigenvalue weighted by atomic mass is 9.60. The molecule has 4 atom stereocenters. The number of fused-ring (bicyclic) bond motifs is 2. The van der Waals surface area contributed by atoms with Gasteiger partial charge in [-0.15, -0.1) is 0 Å². The van der Waals surface area contributed by atoms with Crippen LogP contribution in [0.15, 0.2) is 35.6 Å². The maximum Gasteiger partial charge on any atom is 0.308 e. The molecular weight excluding hydrogens is 524 g/mol. The highest BCUT2D eigenvalue weighted by Gasteiger charge is 2.70. The zero-order valence-corrected chi connectivity index (χ0v) is 25.9. The Hall–Kier alpha value is -3.13. The molecule has 0 unspecified atom stereocenters. The zero-order chi connectivity index (χ0) is 30.4. The van der Waals surface area contributed by atoms with E-state index in [1.807, 2.05) is 27.7 Å². The van der Waals surface area contributed by atoms with Gasteiger partial charge in [0.05, 0.1) is 6.42 Å². The quantitative estimate of drug-likeness (QED) is 0.205. The molecule has 0 aromatic heterocycles. The smallest absolute Gasteiger partial charge is 0.308 e. The van der Waals surface area contributed by atoms with Crippen molar-refractivity contribution in [2.45, 2.75) is 118 Å². The summed E-state index contributed by atoms with van der Waals surface area (Å²) in [6.45, 7) is 16.5. The molecule has 3 aliphatic rings. The van der Waals surface area contributed by atoms with E-state index in [-0.39, 0.29) is 16.8 Å². The third-order valence-electron chi connectivity index (χ3n) is 9.17. The summed E-state index contributed by atoms with van der Waals surface area (Å²) < 4.78 is 30.2. The largest absolute Gasteiger partial charge is 0.466 e. The van der Waals surface area contributed by atoms with Crippen LogP contribution in [0.5, 0.6) is 11.5 Å². The minimum Gasteiger partial charge on any atom is -0.466 e. The highest BCUT2D eigenvalue weighted by atomic mass is 16.7. The fourth-order valence-corrected chi connectivity index (χ4v) is 6.94. The molecule has 0 N–H and O–H groups in total. The first-order valence-corrected chi connectivity index (χ1v) is 14.4. The van der Waals surface area contributed by atoms with Gasteiger partial charge in [-0.1, -0.05) is 31.9 Å². The SMILES string of the molecule is CC(=O)Oc1cc(C)c(OC(C)=O)c(CC=C(C)CC2=C[C@]3(C)CCC[C@]3(C)[C@@]3(C[C@H](OC(C)=O)C(C)(C)O3)O2)c1. The van der Waals surface area contributed by atoms with Crippen molar-refractivity contribution in [2.24, 2.45) is 10.8 Å². The van der Waals surface area contributed by atoms with Crippen molar-refractivity contribution in [3.8, 4) is 11.5 Å². The maximum atomic E-state index is 11.9. The van der Waals surface area contributed by atoms with Gasteiger partial charge < -0.3 is 23.7 Å². The summed E-state index contributed by atoms with van der Waals surface area (Å²) in [7, 11) is 0. The van der Waals surface area contributed by atoms with Crippen LogP contribution in [0.25, 0.3) is 0 Å². The third-order valence-corrected chi connectivity index (χ3v) is 9.17. The van der Waals surface area contributed by atoms with Gasteiger partial charge in [0, 0.05) is 43.6 Å². The second-order valence-corrected chi connectivity index (χ2v) is 12.9. The summed E-state index contributed by atoms with van der Waals surface area (Å²) in [4.78, 5) is 35.3. The number of carbonyl (C=O) groups excluding carboxylic acids is 3. The van der Waals surface area contributed by atoms with Crippen LogP contribution in [0.3, 0.4) is 0 Å². The van der Waals surface area contributed by atoms with E-state index in [1.54, 1.807) is 12.1 Å². The van der Waals surface area contributed by atoms with Gasteiger partial charge in [-0.25, -0.2) is 0 Å². The highest BCUT2D eigenvalue weighted by molar-refractivity contribution is 5.72. The molecule has 2 heterocycles. The number of ether oxygens (including phenoxy) is 5. The first-order chi connectivity index (χ1) is 19.0. The van der Waals surface area contributed by atoms with Gasteiger partial charge >= 0.3 is 17.9 Å². The van der Waals surface area contributed by atoms with E-state index in [1.165, 1.54) is 20.8 Å². The Morgan fingerprint density at radius 1 is 0.976 bits per heavy atom. The van der Waals surface area contributed by atoms with Crippen LogP contribution < -0.4 is 9.47 Å². The molecule has 0 radical (unpaired) electrons. The van der Waals surface area contributed by atoms with Crippen molar-refractivity contribution in [1.29, 1.82) is 0 Å². The number of carbonyl (C=O) groups is 3. The van der Waals surface area contributed by atoms with Gasteiger partial charge in [-0.05, 0) is 70.7 Å². The normalized spacial score (nSPS) is 30.3. The number of hydrogen-bond acceptors (Lipinski definition) is 8. The summed E-state index contributed by atoms with van der Waals surface area (Å²) in [5.74, 6) is -0.358. The summed E-state index contributed by atoms with van der Waals surface area (Å²) in [5.41, 5.74) is 1.41. The fraction of sp³-hybridized carbons (Fsp3) is 0.606. The zero-order valence-electron chi connectivity index (χ0n) is 25.9. The molecule has 0 bridgehead atoms. The lowest BCUT2D eigenvalue weighted by Gasteiger charge is -2.54. The Labute approximate surface area is 243 Å². The summed E-state index contributed by atoms with van der Waals surface area (Å²) in [6.07, 6.45) is 8.49. The van der Waals surface area contributed by atoms with Crippen LogP contribution >= 0.6 is 0 Å². The maximum absolute atomic E-state index is 11.9. The van der Waals surface area contributed by atoms with Gasteiger partial charge in [0.1, 0.15) is 29.0 Å². The number of rotatable bonds is 7. The van der Waals surface area contributed by atoms with Crippen molar-refractivity contribution < 1.29 is 38.1 Å². The topological polar surface area (TPSA) is 97.4 Å². The van der Waals surface area contributed by atoms with Crippen molar-refractivity contribution >= 4 is 17.9 Å². The standard InChI is InChI=1S/C33H44O8/c1-20(11-12-25-17-26(37-22(3)34)16-21(2)29(25)39-24(5)36)15-27-18-31(8)13-10-14-32(31,9)33(40-27)19-28(38-23(4)35)30(6,7)41-33/h11,16-18,28H,10,12-15,19H2,1-9H3/t28-,31-,32-,33-/m0/s1. The molecule has 8 nitrogen and oxygen atoms in total. The van der Waals surface area contributed by atoms with Crippen molar-refractivity contribution in [2.75, 3.05) is 0 Å². The Balaban J connectivity index is 1.62. The molecule has 2 fully saturated rings.